The summed E-state index contributed by atoms with van der Waals surface area (Å²) in [6.45, 7) is 0. The number of aromatic nitrogens is 2. The van der Waals surface area contributed by atoms with E-state index in [2.05, 4.69) is 10.2 Å². The van der Waals surface area contributed by atoms with E-state index >= 15 is 0 Å². The number of rotatable bonds is 5. The molecule has 28 heavy (non-hydrogen) atoms. The Morgan fingerprint density at radius 3 is 2.32 bits per heavy atom. The Balaban J connectivity index is 1.77. The molecular formula is C20H16N2O6. The average Bonchev–Trinajstić information content (AvgIpc) is 3.22. The van der Waals surface area contributed by atoms with Gasteiger partial charge in [-0.2, -0.15) is 0 Å². The second-order valence-corrected chi connectivity index (χ2v) is 5.83. The first-order chi connectivity index (χ1) is 13.6. The van der Waals surface area contributed by atoms with Crippen LogP contribution in [0.4, 0.5) is 0 Å². The highest BCUT2D eigenvalue weighted by molar-refractivity contribution is 5.81. The molecule has 0 aliphatic carbocycles. The fraction of sp³-hybridized carbons (Fsp3) is 0.150. The number of ether oxygens (including phenoxy) is 3. The van der Waals surface area contributed by atoms with Crippen molar-refractivity contribution in [3.05, 3.63) is 52.9 Å². The van der Waals surface area contributed by atoms with Crippen LogP contribution in [-0.2, 0) is 0 Å². The van der Waals surface area contributed by atoms with Crippen LogP contribution < -0.4 is 19.8 Å². The first-order valence-corrected chi connectivity index (χ1v) is 8.31. The van der Waals surface area contributed by atoms with Crippen LogP contribution in [0.25, 0.3) is 33.9 Å². The van der Waals surface area contributed by atoms with Crippen LogP contribution in [0.3, 0.4) is 0 Å². The molecular weight excluding hydrogens is 364 g/mol. The van der Waals surface area contributed by atoms with Crippen molar-refractivity contribution in [1.29, 1.82) is 0 Å². The van der Waals surface area contributed by atoms with Crippen molar-refractivity contribution in [2.75, 3.05) is 21.3 Å². The number of hydrogen-bond donors (Lipinski definition) is 0. The lowest BCUT2D eigenvalue weighted by Crippen LogP contribution is -2.02. The van der Waals surface area contributed by atoms with Crippen LogP contribution >= 0.6 is 0 Å². The SMILES string of the molecule is COc1ccc2oc(=O)c(-c3nnc(-c4ccc(OC)c(OC)c4)o3)cc2c1. The van der Waals surface area contributed by atoms with Gasteiger partial charge >= 0.3 is 5.63 Å². The molecule has 4 aromatic rings. The molecule has 0 aliphatic rings. The van der Waals surface area contributed by atoms with Gasteiger partial charge in [0.05, 0.1) is 21.3 Å². The fourth-order valence-electron chi connectivity index (χ4n) is 2.80. The highest BCUT2D eigenvalue weighted by Crippen LogP contribution is 2.33. The van der Waals surface area contributed by atoms with Crippen molar-refractivity contribution in [2.24, 2.45) is 0 Å². The maximum atomic E-state index is 12.4. The Hall–Kier alpha value is -3.81. The molecule has 8 nitrogen and oxygen atoms in total. The predicted molar refractivity (Wildman–Crippen MR) is 101 cm³/mol. The number of fused-ring (bicyclic) bond motifs is 1. The lowest BCUT2D eigenvalue weighted by Gasteiger charge is -2.07. The molecule has 0 spiro atoms. The minimum Gasteiger partial charge on any atom is -0.497 e. The van der Waals surface area contributed by atoms with Crippen molar-refractivity contribution in [2.45, 2.75) is 0 Å². The van der Waals surface area contributed by atoms with Gasteiger partial charge in [-0.25, -0.2) is 4.79 Å². The molecule has 0 saturated carbocycles. The van der Waals surface area contributed by atoms with E-state index in [-0.39, 0.29) is 17.3 Å². The summed E-state index contributed by atoms with van der Waals surface area (Å²) in [5.41, 5.74) is 0.664. The molecule has 2 aromatic heterocycles. The highest BCUT2D eigenvalue weighted by atomic mass is 16.5. The lowest BCUT2D eigenvalue weighted by molar-refractivity contribution is 0.355. The predicted octanol–water partition coefficient (Wildman–Crippen LogP) is 3.54. The molecule has 0 fully saturated rings. The fourth-order valence-corrected chi connectivity index (χ4v) is 2.80. The Labute approximate surface area is 159 Å². The van der Waals surface area contributed by atoms with E-state index in [9.17, 15) is 4.79 Å². The molecule has 2 aromatic carbocycles. The van der Waals surface area contributed by atoms with Gasteiger partial charge in [-0.05, 0) is 42.5 Å². The summed E-state index contributed by atoms with van der Waals surface area (Å²) in [6, 6.07) is 12.0. The van der Waals surface area contributed by atoms with E-state index in [1.54, 1.807) is 56.7 Å². The van der Waals surface area contributed by atoms with E-state index in [4.69, 9.17) is 23.0 Å². The van der Waals surface area contributed by atoms with E-state index < -0.39 is 5.63 Å². The van der Waals surface area contributed by atoms with Gasteiger partial charge in [0.25, 0.3) is 5.89 Å². The molecule has 4 rings (SSSR count). The van der Waals surface area contributed by atoms with E-state index in [1.807, 2.05) is 0 Å². The Bertz CT molecular complexity index is 1210. The maximum absolute atomic E-state index is 12.4. The number of methoxy groups -OCH3 is 3. The van der Waals surface area contributed by atoms with E-state index in [0.29, 0.717) is 33.8 Å². The number of nitrogens with zero attached hydrogens (tertiary/aromatic N) is 2. The normalized spacial score (nSPS) is 10.8. The van der Waals surface area contributed by atoms with Crippen molar-refractivity contribution >= 4 is 11.0 Å². The smallest absolute Gasteiger partial charge is 0.349 e. The van der Waals surface area contributed by atoms with Crippen LogP contribution in [0, 0.1) is 0 Å². The molecule has 0 unspecified atom stereocenters. The standard InChI is InChI=1S/C20H16N2O6/c1-24-13-5-7-15-12(8-13)9-14(20(23)27-15)19-22-21-18(28-19)11-4-6-16(25-2)17(10-11)26-3/h4-10H,1-3H3. The van der Waals surface area contributed by atoms with Gasteiger partial charge in [-0.3, -0.25) is 0 Å². The average molecular weight is 380 g/mol. The van der Waals surface area contributed by atoms with Crippen LogP contribution in [-0.4, -0.2) is 31.5 Å². The Morgan fingerprint density at radius 2 is 1.57 bits per heavy atom. The molecule has 0 bridgehead atoms. The van der Waals surface area contributed by atoms with Gasteiger partial charge in [0.1, 0.15) is 16.9 Å². The summed E-state index contributed by atoms with van der Waals surface area (Å²) in [4.78, 5) is 12.4. The largest absolute Gasteiger partial charge is 0.497 e. The zero-order valence-electron chi connectivity index (χ0n) is 15.4. The second kappa shape index (κ2) is 7.07. The summed E-state index contributed by atoms with van der Waals surface area (Å²) in [5, 5.41) is 8.70. The van der Waals surface area contributed by atoms with Crippen LogP contribution in [0.5, 0.6) is 17.2 Å². The Morgan fingerprint density at radius 1 is 0.786 bits per heavy atom. The number of hydrogen-bond acceptors (Lipinski definition) is 8. The highest BCUT2D eigenvalue weighted by Gasteiger charge is 2.17. The first kappa shape index (κ1) is 17.6. The van der Waals surface area contributed by atoms with E-state index in [1.165, 1.54) is 7.11 Å². The quantitative estimate of drug-likeness (QED) is 0.485. The molecule has 0 N–H and O–H groups in total. The third-order valence-electron chi connectivity index (χ3n) is 4.23. The molecule has 0 radical (unpaired) electrons. The Kier molecular flexibility index (Phi) is 4.44. The van der Waals surface area contributed by atoms with Gasteiger partial charge in [0.2, 0.25) is 5.89 Å². The summed E-state index contributed by atoms with van der Waals surface area (Å²) in [5.74, 6) is 2.04. The molecule has 8 heteroatoms. The lowest BCUT2D eigenvalue weighted by atomic mass is 10.2. The van der Waals surface area contributed by atoms with Crippen molar-refractivity contribution in [3.8, 4) is 40.2 Å². The van der Waals surface area contributed by atoms with Crippen LogP contribution in [0.2, 0.25) is 0 Å². The molecule has 0 aliphatic heterocycles. The van der Waals surface area contributed by atoms with Gasteiger partial charge in [0, 0.05) is 10.9 Å². The molecule has 0 atom stereocenters. The minimum atomic E-state index is -0.569. The van der Waals surface area contributed by atoms with Gasteiger partial charge in [0.15, 0.2) is 11.5 Å². The van der Waals surface area contributed by atoms with E-state index in [0.717, 1.165) is 0 Å². The maximum Gasteiger partial charge on any atom is 0.349 e. The monoisotopic (exact) mass is 380 g/mol. The van der Waals surface area contributed by atoms with Crippen LogP contribution in [0.1, 0.15) is 0 Å². The third kappa shape index (κ3) is 3.05. The summed E-state index contributed by atoms with van der Waals surface area (Å²) < 4.78 is 26.8. The first-order valence-electron chi connectivity index (χ1n) is 8.31. The summed E-state index contributed by atoms with van der Waals surface area (Å²) in [6.07, 6.45) is 0. The second-order valence-electron chi connectivity index (χ2n) is 5.83. The van der Waals surface area contributed by atoms with Crippen LogP contribution in [0.15, 0.2) is 56.1 Å². The third-order valence-corrected chi connectivity index (χ3v) is 4.23. The molecule has 0 amide bonds. The zero-order valence-corrected chi connectivity index (χ0v) is 15.4. The topological polar surface area (TPSA) is 96.8 Å². The van der Waals surface area contributed by atoms with Crippen molar-refractivity contribution in [3.63, 3.8) is 0 Å². The minimum absolute atomic E-state index is 0.0586. The van der Waals surface area contributed by atoms with Crippen molar-refractivity contribution in [1.82, 2.24) is 10.2 Å². The molecule has 142 valence electrons. The zero-order chi connectivity index (χ0) is 19.7. The van der Waals surface area contributed by atoms with Crippen molar-refractivity contribution < 1.29 is 23.0 Å². The summed E-state index contributed by atoms with van der Waals surface area (Å²) in [7, 11) is 4.65. The van der Waals surface area contributed by atoms with Gasteiger partial charge < -0.3 is 23.0 Å². The van der Waals surface area contributed by atoms with Gasteiger partial charge in [-0.1, -0.05) is 0 Å². The number of benzene rings is 2. The summed E-state index contributed by atoms with van der Waals surface area (Å²) >= 11 is 0. The molecule has 2 heterocycles. The van der Waals surface area contributed by atoms with Gasteiger partial charge in [-0.15, -0.1) is 10.2 Å². The molecule has 0 saturated heterocycles.